The first-order valence-electron chi connectivity index (χ1n) is 5.16. The second-order valence-electron chi connectivity index (χ2n) is 3.89. The number of aromatic nitrogens is 1. The highest BCUT2D eigenvalue weighted by Gasteiger charge is 2.27. The lowest BCUT2D eigenvalue weighted by molar-refractivity contribution is 0.0742. The van der Waals surface area contributed by atoms with Crippen molar-refractivity contribution in [1.29, 1.82) is 0 Å². The monoisotopic (exact) mass is 239 g/mol. The number of nitrogens with two attached hydrogens (primary N) is 1. The van der Waals surface area contributed by atoms with Crippen LogP contribution >= 0.6 is 11.3 Å². The van der Waals surface area contributed by atoms with Crippen LogP contribution < -0.4 is 5.73 Å². The van der Waals surface area contributed by atoms with Gasteiger partial charge in [-0.2, -0.15) is 0 Å². The lowest BCUT2D eigenvalue weighted by Crippen LogP contribution is -2.33. The lowest BCUT2D eigenvalue weighted by Gasteiger charge is -2.19. The third-order valence-electron chi connectivity index (χ3n) is 2.75. The second-order valence-corrected chi connectivity index (χ2v) is 4.75. The van der Waals surface area contributed by atoms with E-state index in [1.165, 1.54) is 0 Å². The van der Waals surface area contributed by atoms with E-state index in [0.717, 1.165) is 30.7 Å². The van der Waals surface area contributed by atoms with Gasteiger partial charge in [-0.15, -0.1) is 11.3 Å². The molecule has 1 aliphatic rings. The number of hydrogen-bond acceptors (Lipinski definition) is 4. The Morgan fingerprint density at radius 2 is 2.38 bits per heavy atom. The molecular formula is C10H13N3O2S. The summed E-state index contributed by atoms with van der Waals surface area (Å²) in [7, 11) is 0. The molecule has 16 heavy (non-hydrogen) atoms. The average molecular weight is 239 g/mol. The molecule has 0 aliphatic carbocycles. The molecule has 1 aromatic heterocycles. The minimum atomic E-state index is -0.585. The number of rotatable bonds is 2. The number of primary amides is 1. The summed E-state index contributed by atoms with van der Waals surface area (Å²) in [6.45, 7) is 2.79. The fraction of sp³-hybridized carbons (Fsp3) is 0.500. The minimum absolute atomic E-state index is 0.103. The SMILES string of the molecule is C[C@H]1CCCN1C(=O)c1csc(C(N)=O)n1. The zero-order valence-corrected chi connectivity index (χ0v) is 9.79. The summed E-state index contributed by atoms with van der Waals surface area (Å²) in [6.07, 6.45) is 2.05. The summed E-state index contributed by atoms with van der Waals surface area (Å²) < 4.78 is 0. The predicted molar refractivity (Wildman–Crippen MR) is 60.4 cm³/mol. The standard InChI is InChI=1S/C10H13N3O2S/c1-6-3-2-4-13(6)10(15)7-5-16-9(12-7)8(11)14/h5-6H,2-4H2,1H3,(H2,11,14)/t6-/m0/s1. The van der Waals surface area contributed by atoms with Gasteiger partial charge in [-0.25, -0.2) is 4.98 Å². The Kier molecular flexibility index (Phi) is 2.91. The maximum absolute atomic E-state index is 12.0. The molecule has 2 N–H and O–H groups in total. The Morgan fingerprint density at radius 1 is 1.62 bits per heavy atom. The maximum Gasteiger partial charge on any atom is 0.277 e. The summed E-state index contributed by atoms with van der Waals surface area (Å²) in [5.41, 5.74) is 5.42. The normalized spacial score (nSPS) is 20.1. The van der Waals surface area contributed by atoms with E-state index in [1.807, 2.05) is 6.92 Å². The van der Waals surface area contributed by atoms with E-state index >= 15 is 0 Å². The fourth-order valence-corrected chi connectivity index (χ4v) is 2.51. The maximum atomic E-state index is 12.0. The van der Waals surface area contributed by atoms with Crippen molar-refractivity contribution < 1.29 is 9.59 Å². The molecule has 0 bridgehead atoms. The van der Waals surface area contributed by atoms with Crippen molar-refractivity contribution in [3.8, 4) is 0 Å². The van der Waals surface area contributed by atoms with Gasteiger partial charge in [-0.3, -0.25) is 9.59 Å². The molecule has 1 aliphatic heterocycles. The van der Waals surface area contributed by atoms with Crippen molar-refractivity contribution in [3.63, 3.8) is 0 Å². The molecule has 1 saturated heterocycles. The van der Waals surface area contributed by atoms with Gasteiger partial charge in [0.05, 0.1) is 0 Å². The molecule has 2 heterocycles. The first kappa shape index (κ1) is 11.1. The van der Waals surface area contributed by atoms with Gasteiger partial charge in [-0.1, -0.05) is 0 Å². The van der Waals surface area contributed by atoms with Crippen molar-refractivity contribution in [2.75, 3.05) is 6.54 Å². The smallest absolute Gasteiger partial charge is 0.277 e. The van der Waals surface area contributed by atoms with Crippen molar-refractivity contribution in [2.45, 2.75) is 25.8 Å². The van der Waals surface area contributed by atoms with Crippen LogP contribution in [0.4, 0.5) is 0 Å². The van der Waals surface area contributed by atoms with E-state index in [2.05, 4.69) is 4.98 Å². The van der Waals surface area contributed by atoms with Gasteiger partial charge >= 0.3 is 0 Å². The Bertz CT molecular complexity index is 429. The Hall–Kier alpha value is -1.43. The Morgan fingerprint density at radius 3 is 2.88 bits per heavy atom. The van der Waals surface area contributed by atoms with Crippen LogP contribution in [0.1, 0.15) is 40.1 Å². The van der Waals surface area contributed by atoms with Crippen molar-refractivity contribution >= 4 is 23.2 Å². The number of hydrogen-bond donors (Lipinski definition) is 1. The first-order valence-corrected chi connectivity index (χ1v) is 6.04. The topological polar surface area (TPSA) is 76.3 Å². The molecule has 0 saturated carbocycles. The van der Waals surface area contributed by atoms with E-state index < -0.39 is 5.91 Å². The van der Waals surface area contributed by atoms with Crippen molar-refractivity contribution in [2.24, 2.45) is 5.73 Å². The summed E-state index contributed by atoms with van der Waals surface area (Å²) in [4.78, 5) is 28.6. The van der Waals surface area contributed by atoms with Gasteiger partial charge in [-0.05, 0) is 19.8 Å². The third-order valence-corrected chi connectivity index (χ3v) is 3.60. The number of amides is 2. The number of likely N-dealkylation sites (tertiary alicyclic amines) is 1. The average Bonchev–Trinajstić information content (AvgIpc) is 2.84. The number of nitrogens with zero attached hydrogens (tertiary/aromatic N) is 2. The van der Waals surface area contributed by atoms with Gasteiger partial charge in [0.25, 0.3) is 11.8 Å². The summed E-state index contributed by atoms with van der Waals surface area (Å²) in [5.74, 6) is -0.688. The van der Waals surface area contributed by atoms with Crippen LogP contribution in [-0.2, 0) is 0 Å². The fourth-order valence-electron chi connectivity index (χ4n) is 1.87. The molecule has 0 unspecified atom stereocenters. The Labute approximate surface area is 97.3 Å². The van der Waals surface area contributed by atoms with Gasteiger partial charge in [0.2, 0.25) is 0 Å². The number of carbonyl (C=O) groups is 2. The minimum Gasteiger partial charge on any atom is -0.364 e. The molecule has 0 spiro atoms. The molecule has 6 heteroatoms. The van der Waals surface area contributed by atoms with Crippen LogP contribution in [0.2, 0.25) is 0 Å². The molecular weight excluding hydrogens is 226 g/mol. The molecule has 1 fully saturated rings. The molecule has 86 valence electrons. The van der Waals surface area contributed by atoms with Gasteiger partial charge < -0.3 is 10.6 Å². The number of carbonyl (C=O) groups excluding carboxylic acids is 2. The first-order chi connectivity index (χ1) is 7.59. The third kappa shape index (κ3) is 1.92. The van der Waals surface area contributed by atoms with Crippen molar-refractivity contribution in [3.05, 3.63) is 16.1 Å². The second kappa shape index (κ2) is 4.21. The highest BCUT2D eigenvalue weighted by Crippen LogP contribution is 2.20. The zero-order valence-electron chi connectivity index (χ0n) is 8.97. The molecule has 1 aromatic rings. The van der Waals surface area contributed by atoms with Crippen LogP contribution in [0.15, 0.2) is 5.38 Å². The molecule has 1 atom stereocenters. The quantitative estimate of drug-likeness (QED) is 0.831. The van der Waals surface area contributed by atoms with Gasteiger partial charge in [0.1, 0.15) is 5.69 Å². The van der Waals surface area contributed by atoms with Crippen LogP contribution in [0.5, 0.6) is 0 Å². The molecule has 2 rings (SSSR count). The van der Waals surface area contributed by atoms with Crippen LogP contribution in [0, 0.1) is 0 Å². The van der Waals surface area contributed by atoms with E-state index in [4.69, 9.17) is 5.73 Å². The lowest BCUT2D eigenvalue weighted by atomic mass is 10.2. The largest absolute Gasteiger partial charge is 0.364 e. The van der Waals surface area contributed by atoms with E-state index in [9.17, 15) is 9.59 Å². The van der Waals surface area contributed by atoms with Crippen LogP contribution in [0.3, 0.4) is 0 Å². The highest BCUT2D eigenvalue weighted by molar-refractivity contribution is 7.11. The molecule has 2 amide bonds. The highest BCUT2D eigenvalue weighted by atomic mass is 32.1. The van der Waals surface area contributed by atoms with Crippen LogP contribution in [-0.4, -0.2) is 34.3 Å². The van der Waals surface area contributed by atoms with E-state index in [1.54, 1.807) is 10.3 Å². The Balaban J connectivity index is 2.17. The summed E-state index contributed by atoms with van der Waals surface area (Å²) in [5, 5.41) is 1.78. The summed E-state index contributed by atoms with van der Waals surface area (Å²) >= 11 is 1.11. The van der Waals surface area contributed by atoms with E-state index in [-0.39, 0.29) is 17.0 Å². The van der Waals surface area contributed by atoms with Gasteiger partial charge in [0.15, 0.2) is 5.01 Å². The summed E-state index contributed by atoms with van der Waals surface area (Å²) in [6, 6.07) is 0.256. The molecule has 0 radical (unpaired) electrons. The predicted octanol–water partition coefficient (Wildman–Crippen LogP) is 0.867. The molecule has 0 aromatic carbocycles. The molecule has 5 nitrogen and oxygen atoms in total. The van der Waals surface area contributed by atoms with Crippen LogP contribution in [0.25, 0.3) is 0 Å². The van der Waals surface area contributed by atoms with E-state index in [0.29, 0.717) is 5.69 Å². The van der Waals surface area contributed by atoms with Gasteiger partial charge in [0, 0.05) is 18.0 Å². The zero-order chi connectivity index (χ0) is 11.7. The van der Waals surface area contributed by atoms with Crippen molar-refractivity contribution in [1.82, 2.24) is 9.88 Å². The number of thiazole rings is 1.